The van der Waals surface area contributed by atoms with Gasteiger partial charge in [-0.2, -0.15) is 13.2 Å². The molecule has 0 heterocycles. The van der Waals surface area contributed by atoms with E-state index in [4.69, 9.17) is 9.47 Å². The highest BCUT2D eigenvalue weighted by atomic mass is 31.2. The number of carbonyl (C=O) groups is 2. The molecule has 0 bridgehead atoms. The number of rotatable bonds is 7. The Labute approximate surface area is 182 Å². The Kier molecular flexibility index (Phi) is 6.55. The van der Waals surface area contributed by atoms with E-state index in [0.29, 0.717) is 11.8 Å². The summed E-state index contributed by atoms with van der Waals surface area (Å²) < 4.78 is 65.8. The van der Waals surface area contributed by atoms with Crippen molar-refractivity contribution in [2.45, 2.75) is 6.18 Å². The normalized spacial score (nSPS) is 13.2. The van der Waals surface area contributed by atoms with E-state index in [1.54, 1.807) is 6.07 Å². The number of benzene rings is 3. The lowest BCUT2D eigenvalue weighted by atomic mass is 10.2. The minimum atomic E-state index is -5.01. The fourth-order valence-electron chi connectivity index (χ4n) is 3.21. The molecule has 0 amide bonds. The zero-order valence-electron chi connectivity index (χ0n) is 17.1. The molecule has 3 rings (SSSR count). The molecule has 5 nitrogen and oxygen atoms in total. The van der Waals surface area contributed by atoms with Gasteiger partial charge in [-0.15, -0.1) is 0 Å². The maximum atomic E-state index is 14.2. The molecular formula is C23H18F3O5P. The summed E-state index contributed by atoms with van der Waals surface area (Å²) in [4.78, 5) is 26.9. The number of carbonyl (C=O) groups excluding carboxylic acids is 2. The van der Waals surface area contributed by atoms with Crippen LogP contribution >= 0.6 is 7.14 Å². The number of hydrogen-bond acceptors (Lipinski definition) is 5. The van der Waals surface area contributed by atoms with Crippen LogP contribution < -0.4 is 14.8 Å². The van der Waals surface area contributed by atoms with Crippen LogP contribution in [0.1, 0.15) is 26.3 Å². The van der Waals surface area contributed by atoms with Crippen LogP contribution in [0, 0.1) is 0 Å². The van der Waals surface area contributed by atoms with E-state index in [1.165, 1.54) is 62.8 Å². The SMILES string of the molecule is COc1ccc(C(=O)P(=O)(C(=O)c2ccccc2)c2ccccc2C(F)(F)F)c(OC)c1. The molecule has 0 radical (unpaired) electrons. The second-order valence-electron chi connectivity index (χ2n) is 6.67. The molecule has 1 atom stereocenters. The smallest absolute Gasteiger partial charge is 0.417 e. The first-order valence-corrected chi connectivity index (χ1v) is 11.0. The Bertz CT molecular complexity index is 1210. The van der Waals surface area contributed by atoms with E-state index in [2.05, 4.69) is 0 Å². The highest BCUT2D eigenvalue weighted by Crippen LogP contribution is 2.54. The van der Waals surface area contributed by atoms with Crippen molar-refractivity contribution in [2.24, 2.45) is 0 Å². The summed E-state index contributed by atoms with van der Waals surface area (Å²) in [6.45, 7) is 0. The molecule has 0 saturated heterocycles. The Hall–Kier alpha value is -3.38. The maximum Gasteiger partial charge on any atom is 0.417 e. The van der Waals surface area contributed by atoms with Crippen LogP contribution in [0.15, 0.2) is 72.8 Å². The predicted molar refractivity (Wildman–Crippen MR) is 113 cm³/mol. The number of halogens is 3. The first-order chi connectivity index (χ1) is 15.1. The minimum Gasteiger partial charge on any atom is -0.497 e. The first kappa shape index (κ1) is 23.3. The third kappa shape index (κ3) is 4.18. The molecule has 3 aromatic carbocycles. The summed E-state index contributed by atoms with van der Waals surface area (Å²) in [6, 6.07) is 14.9. The topological polar surface area (TPSA) is 69.7 Å². The Morgan fingerprint density at radius 3 is 2.03 bits per heavy atom. The van der Waals surface area contributed by atoms with Crippen molar-refractivity contribution in [3.63, 3.8) is 0 Å². The number of ether oxygens (including phenoxy) is 2. The van der Waals surface area contributed by atoms with Crippen molar-refractivity contribution < 1.29 is 36.8 Å². The zero-order chi connectivity index (χ0) is 23.5. The van der Waals surface area contributed by atoms with E-state index >= 15 is 0 Å². The van der Waals surface area contributed by atoms with Gasteiger partial charge in [-0.25, -0.2) is 0 Å². The molecule has 0 N–H and O–H groups in total. The molecule has 166 valence electrons. The Morgan fingerprint density at radius 2 is 1.44 bits per heavy atom. The highest BCUT2D eigenvalue weighted by molar-refractivity contribution is 8.01. The molecule has 0 aromatic heterocycles. The monoisotopic (exact) mass is 462 g/mol. The molecule has 0 aliphatic heterocycles. The van der Waals surface area contributed by atoms with E-state index in [0.717, 1.165) is 12.1 Å². The van der Waals surface area contributed by atoms with Gasteiger partial charge >= 0.3 is 6.18 Å². The second kappa shape index (κ2) is 9.01. The van der Waals surface area contributed by atoms with Gasteiger partial charge in [-0.3, -0.25) is 9.59 Å². The number of alkyl halides is 3. The van der Waals surface area contributed by atoms with Crippen LogP contribution in [0.5, 0.6) is 11.5 Å². The summed E-state index contributed by atoms with van der Waals surface area (Å²) >= 11 is 0. The quantitative estimate of drug-likeness (QED) is 0.441. The predicted octanol–water partition coefficient (Wildman–Crippen LogP) is 5.39. The molecule has 0 aliphatic carbocycles. The van der Waals surface area contributed by atoms with E-state index in [1.807, 2.05) is 0 Å². The van der Waals surface area contributed by atoms with Crippen LogP contribution in [-0.4, -0.2) is 25.3 Å². The summed E-state index contributed by atoms with van der Waals surface area (Å²) in [6.07, 6.45) is -4.94. The Morgan fingerprint density at radius 1 is 0.812 bits per heavy atom. The average molecular weight is 462 g/mol. The lowest BCUT2D eigenvalue weighted by molar-refractivity contribution is -0.136. The Balaban J connectivity index is 2.32. The second-order valence-corrected chi connectivity index (χ2v) is 9.18. The molecular weight excluding hydrogens is 444 g/mol. The average Bonchev–Trinajstić information content (AvgIpc) is 2.82. The van der Waals surface area contributed by atoms with Gasteiger partial charge in [0.2, 0.25) is 18.2 Å². The lowest BCUT2D eigenvalue weighted by Gasteiger charge is -2.21. The lowest BCUT2D eigenvalue weighted by Crippen LogP contribution is -2.27. The van der Waals surface area contributed by atoms with Gasteiger partial charge in [0.1, 0.15) is 11.5 Å². The molecule has 0 fully saturated rings. The molecule has 3 aromatic rings. The largest absolute Gasteiger partial charge is 0.497 e. The number of methoxy groups -OCH3 is 2. The van der Waals surface area contributed by atoms with Crippen LogP contribution in [0.3, 0.4) is 0 Å². The minimum absolute atomic E-state index is 0.0834. The summed E-state index contributed by atoms with van der Waals surface area (Å²) in [5.41, 5.74) is -4.21. The third-order valence-corrected chi connectivity index (χ3v) is 7.49. The van der Waals surface area contributed by atoms with Crippen LogP contribution in [0.2, 0.25) is 0 Å². The molecule has 0 saturated carbocycles. The van der Waals surface area contributed by atoms with Crippen molar-refractivity contribution in [3.05, 3.63) is 89.5 Å². The fourth-order valence-corrected chi connectivity index (χ4v) is 5.70. The van der Waals surface area contributed by atoms with Gasteiger partial charge in [-0.1, -0.05) is 48.5 Å². The summed E-state index contributed by atoms with van der Waals surface area (Å²) in [5, 5.41) is -0.871. The molecule has 1 unspecified atom stereocenters. The zero-order valence-corrected chi connectivity index (χ0v) is 17.9. The standard InChI is InChI=1S/C23H18F3O5P/c1-30-16-12-13-17(19(14-16)31-2)22(28)32(29,21(27)15-8-4-3-5-9-15)20-11-7-6-10-18(20)23(24,25)26/h3-14H,1-2H3. The van der Waals surface area contributed by atoms with Crippen molar-refractivity contribution in [1.82, 2.24) is 0 Å². The molecule has 9 heteroatoms. The van der Waals surface area contributed by atoms with Gasteiger partial charge in [0.25, 0.3) is 0 Å². The van der Waals surface area contributed by atoms with Crippen molar-refractivity contribution >= 4 is 23.5 Å². The highest BCUT2D eigenvalue weighted by Gasteiger charge is 2.48. The van der Waals surface area contributed by atoms with Crippen molar-refractivity contribution in [1.29, 1.82) is 0 Å². The maximum absolute atomic E-state index is 14.2. The summed E-state index contributed by atoms with van der Waals surface area (Å²) in [5.74, 6) is 0.221. The van der Waals surface area contributed by atoms with Crippen LogP contribution in [0.25, 0.3) is 0 Å². The van der Waals surface area contributed by atoms with E-state index in [-0.39, 0.29) is 16.9 Å². The van der Waals surface area contributed by atoms with Crippen molar-refractivity contribution in [3.8, 4) is 11.5 Å². The molecule has 0 spiro atoms. The van der Waals surface area contributed by atoms with Gasteiger partial charge in [0.05, 0.1) is 25.3 Å². The van der Waals surface area contributed by atoms with Gasteiger partial charge in [-0.05, 0) is 18.2 Å². The molecule has 0 aliphatic rings. The van der Waals surface area contributed by atoms with E-state index < -0.39 is 35.2 Å². The van der Waals surface area contributed by atoms with Crippen LogP contribution in [0.4, 0.5) is 13.2 Å². The van der Waals surface area contributed by atoms with E-state index in [9.17, 15) is 27.3 Å². The van der Waals surface area contributed by atoms with Gasteiger partial charge in [0.15, 0.2) is 0 Å². The van der Waals surface area contributed by atoms with Crippen LogP contribution in [-0.2, 0) is 10.7 Å². The molecule has 32 heavy (non-hydrogen) atoms. The summed E-state index contributed by atoms with van der Waals surface area (Å²) in [7, 11) is -2.40. The third-order valence-electron chi connectivity index (χ3n) is 4.78. The fraction of sp³-hybridized carbons (Fsp3) is 0.130. The first-order valence-electron chi connectivity index (χ1n) is 9.28. The number of hydrogen-bond donors (Lipinski definition) is 0. The van der Waals surface area contributed by atoms with Gasteiger partial charge < -0.3 is 14.0 Å². The van der Waals surface area contributed by atoms with Gasteiger partial charge in [0, 0.05) is 16.9 Å². The van der Waals surface area contributed by atoms with Crippen molar-refractivity contribution in [2.75, 3.05) is 14.2 Å².